The molecule has 0 spiro atoms. The molecule has 0 atom stereocenters. The van der Waals surface area contributed by atoms with E-state index in [9.17, 15) is 18.0 Å². The average molecular weight is 467 g/mol. The minimum Gasteiger partial charge on any atom is -0.284 e. The van der Waals surface area contributed by atoms with Crippen LogP contribution in [0.5, 0.6) is 0 Å². The van der Waals surface area contributed by atoms with Crippen LogP contribution in [0.4, 0.5) is 13.2 Å². The lowest BCUT2D eigenvalue weighted by atomic mass is 10.0. The van der Waals surface area contributed by atoms with Gasteiger partial charge in [-0.2, -0.15) is 13.2 Å². The molecule has 0 fully saturated rings. The molecule has 0 aliphatic heterocycles. The summed E-state index contributed by atoms with van der Waals surface area (Å²) in [6.45, 7) is 0. The van der Waals surface area contributed by atoms with Crippen LogP contribution >= 0.6 is 11.6 Å². The van der Waals surface area contributed by atoms with Crippen LogP contribution in [0.15, 0.2) is 83.9 Å². The highest BCUT2D eigenvalue weighted by Crippen LogP contribution is 2.38. The Kier molecular flexibility index (Phi) is 5.02. The molecular weight excluding hydrogens is 453 g/mol. The topological polar surface area (TPSA) is 63.0 Å². The number of nitrogens with one attached hydrogen (secondary N) is 1. The third kappa shape index (κ3) is 3.89. The molecule has 3 heterocycles. The number of fused-ring (bicyclic) bond motifs is 1. The summed E-state index contributed by atoms with van der Waals surface area (Å²) in [5.74, 6) is 0. The van der Waals surface area contributed by atoms with Gasteiger partial charge in [0.05, 0.1) is 11.3 Å². The number of aromatic amines is 1. The molecule has 0 bridgehead atoms. The number of H-pyrrole nitrogens is 1. The van der Waals surface area contributed by atoms with E-state index in [1.807, 2.05) is 24.3 Å². The number of alkyl halides is 3. The molecule has 5 aromatic rings. The average Bonchev–Trinajstić information content (AvgIpc) is 3.21. The molecule has 33 heavy (non-hydrogen) atoms. The van der Waals surface area contributed by atoms with Crippen LogP contribution in [-0.2, 0) is 6.18 Å². The standard InChI is InChI=1S/C24H14ClF3N4O/c25-18-9-7-16(8-10-18)21-22(24(26,27)28)31-32-20(33)12-19(30-23(21)32)15-5-3-14(4-6-15)17-2-1-11-29-13-17/h1-13,31H. The van der Waals surface area contributed by atoms with E-state index >= 15 is 0 Å². The minimum absolute atomic E-state index is 0.122. The summed E-state index contributed by atoms with van der Waals surface area (Å²) in [5, 5.41) is 2.55. The van der Waals surface area contributed by atoms with Crippen molar-refractivity contribution in [2.75, 3.05) is 0 Å². The van der Waals surface area contributed by atoms with Gasteiger partial charge >= 0.3 is 6.18 Å². The van der Waals surface area contributed by atoms with Gasteiger partial charge in [0.2, 0.25) is 0 Å². The number of rotatable bonds is 3. The SMILES string of the molecule is O=c1cc(-c2ccc(-c3cccnc3)cc2)nc2c(-c3ccc(Cl)cc3)c(C(F)(F)F)[nH]n12. The van der Waals surface area contributed by atoms with Gasteiger partial charge in [0.25, 0.3) is 5.56 Å². The predicted molar refractivity (Wildman–Crippen MR) is 120 cm³/mol. The molecule has 1 N–H and O–H groups in total. The molecule has 0 saturated carbocycles. The van der Waals surface area contributed by atoms with Crippen molar-refractivity contribution in [1.29, 1.82) is 0 Å². The van der Waals surface area contributed by atoms with E-state index in [1.165, 1.54) is 30.3 Å². The monoisotopic (exact) mass is 466 g/mol. The molecule has 0 aliphatic carbocycles. The smallest absolute Gasteiger partial charge is 0.284 e. The molecule has 5 rings (SSSR count). The third-order valence-electron chi connectivity index (χ3n) is 5.21. The van der Waals surface area contributed by atoms with Crippen molar-refractivity contribution in [2.24, 2.45) is 0 Å². The van der Waals surface area contributed by atoms with Crippen molar-refractivity contribution >= 4 is 17.2 Å². The lowest BCUT2D eigenvalue weighted by Crippen LogP contribution is -2.15. The van der Waals surface area contributed by atoms with Crippen molar-refractivity contribution in [3.8, 4) is 33.5 Å². The largest absolute Gasteiger partial charge is 0.433 e. The zero-order valence-corrected chi connectivity index (χ0v) is 17.5. The number of halogens is 4. The maximum atomic E-state index is 13.8. The highest BCUT2D eigenvalue weighted by molar-refractivity contribution is 6.30. The second-order valence-electron chi connectivity index (χ2n) is 7.32. The number of pyridine rings is 1. The maximum absolute atomic E-state index is 13.8. The molecule has 0 saturated heterocycles. The Balaban J connectivity index is 1.69. The van der Waals surface area contributed by atoms with Gasteiger partial charge in [-0.05, 0) is 34.9 Å². The molecule has 2 aromatic carbocycles. The van der Waals surface area contributed by atoms with Gasteiger partial charge in [-0.3, -0.25) is 14.9 Å². The first-order chi connectivity index (χ1) is 15.8. The Morgan fingerprint density at radius 2 is 1.55 bits per heavy atom. The van der Waals surface area contributed by atoms with Gasteiger partial charge in [0.15, 0.2) is 5.65 Å². The van der Waals surface area contributed by atoms with E-state index in [0.29, 0.717) is 10.6 Å². The quantitative estimate of drug-likeness (QED) is 0.350. The molecule has 5 nitrogen and oxygen atoms in total. The summed E-state index contributed by atoms with van der Waals surface area (Å²) in [7, 11) is 0. The zero-order chi connectivity index (χ0) is 23.2. The summed E-state index contributed by atoms with van der Waals surface area (Å²) in [6.07, 6.45) is -1.32. The van der Waals surface area contributed by atoms with E-state index in [0.717, 1.165) is 15.6 Å². The maximum Gasteiger partial charge on any atom is 0.433 e. The van der Waals surface area contributed by atoms with Crippen LogP contribution in [-0.4, -0.2) is 19.6 Å². The molecule has 9 heteroatoms. The van der Waals surface area contributed by atoms with E-state index in [2.05, 4.69) is 15.1 Å². The van der Waals surface area contributed by atoms with Gasteiger partial charge in [-0.1, -0.05) is 54.1 Å². The molecule has 0 radical (unpaired) electrons. The third-order valence-corrected chi connectivity index (χ3v) is 5.46. The van der Waals surface area contributed by atoms with Crippen LogP contribution in [0.1, 0.15) is 5.69 Å². The number of nitrogens with zero attached hydrogens (tertiary/aromatic N) is 3. The summed E-state index contributed by atoms with van der Waals surface area (Å²) in [6, 6.07) is 18.0. The zero-order valence-electron chi connectivity index (χ0n) is 16.8. The van der Waals surface area contributed by atoms with Gasteiger partial charge in [-0.15, -0.1) is 0 Å². The van der Waals surface area contributed by atoms with Crippen molar-refractivity contribution in [3.63, 3.8) is 0 Å². The molecule has 164 valence electrons. The minimum atomic E-state index is -4.72. The molecule has 0 amide bonds. The van der Waals surface area contributed by atoms with Crippen molar-refractivity contribution in [1.82, 2.24) is 19.6 Å². The van der Waals surface area contributed by atoms with Crippen LogP contribution in [0.25, 0.3) is 39.2 Å². The van der Waals surface area contributed by atoms with Crippen molar-refractivity contribution in [3.05, 3.63) is 100 Å². The summed E-state index contributed by atoms with van der Waals surface area (Å²) >= 11 is 5.90. The van der Waals surface area contributed by atoms with E-state index < -0.39 is 17.4 Å². The Bertz CT molecular complexity index is 1510. The highest BCUT2D eigenvalue weighted by atomic mass is 35.5. The van der Waals surface area contributed by atoms with E-state index in [4.69, 9.17) is 11.6 Å². The number of benzene rings is 2. The molecular formula is C24H14ClF3N4O. The fraction of sp³-hybridized carbons (Fsp3) is 0.0417. The molecule has 3 aromatic heterocycles. The lowest BCUT2D eigenvalue weighted by Gasteiger charge is -2.08. The molecule has 0 aliphatic rings. The van der Waals surface area contributed by atoms with Gasteiger partial charge in [0, 0.05) is 29.0 Å². The number of aromatic nitrogens is 4. The van der Waals surface area contributed by atoms with Gasteiger partial charge in [-0.25, -0.2) is 9.50 Å². The second kappa shape index (κ2) is 7.90. The van der Waals surface area contributed by atoms with Gasteiger partial charge in [0.1, 0.15) is 5.69 Å². The first-order valence-electron chi connectivity index (χ1n) is 9.81. The van der Waals surface area contributed by atoms with Crippen LogP contribution in [0.2, 0.25) is 5.02 Å². The number of hydrogen-bond acceptors (Lipinski definition) is 3. The van der Waals surface area contributed by atoms with Crippen LogP contribution in [0.3, 0.4) is 0 Å². The summed E-state index contributed by atoms with van der Waals surface area (Å²) in [5.41, 5.74) is 0.871. The van der Waals surface area contributed by atoms with Crippen LogP contribution in [0, 0.1) is 0 Å². The normalized spacial score (nSPS) is 11.8. The highest BCUT2D eigenvalue weighted by Gasteiger charge is 2.38. The first-order valence-corrected chi connectivity index (χ1v) is 10.2. The Morgan fingerprint density at radius 3 is 2.18 bits per heavy atom. The molecule has 0 unspecified atom stereocenters. The first kappa shape index (κ1) is 21.0. The summed E-state index contributed by atoms with van der Waals surface area (Å²) in [4.78, 5) is 21.3. The predicted octanol–water partition coefficient (Wildman–Crippen LogP) is 6.09. The fourth-order valence-corrected chi connectivity index (χ4v) is 3.77. The Hall–Kier alpha value is -3.91. The van der Waals surface area contributed by atoms with E-state index in [-0.39, 0.29) is 22.5 Å². The number of hydrogen-bond donors (Lipinski definition) is 1. The van der Waals surface area contributed by atoms with Crippen molar-refractivity contribution in [2.45, 2.75) is 6.18 Å². The van der Waals surface area contributed by atoms with Crippen molar-refractivity contribution < 1.29 is 13.2 Å². The Morgan fingerprint density at radius 1 is 0.879 bits per heavy atom. The van der Waals surface area contributed by atoms with Crippen LogP contribution < -0.4 is 5.56 Å². The fourth-order valence-electron chi connectivity index (χ4n) is 3.65. The van der Waals surface area contributed by atoms with Gasteiger partial charge < -0.3 is 0 Å². The second-order valence-corrected chi connectivity index (χ2v) is 7.76. The Labute approximate surface area is 190 Å². The lowest BCUT2D eigenvalue weighted by molar-refractivity contribution is -0.140. The van der Waals surface area contributed by atoms with E-state index in [1.54, 1.807) is 24.5 Å². The summed E-state index contributed by atoms with van der Waals surface area (Å²) < 4.78 is 42.2.